The van der Waals surface area contributed by atoms with E-state index in [-0.39, 0.29) is 5.57 Å². The van der Waals surface area contributed by atoms with Gasteiger partial charge in [0, 0.05) is 28.2 Å². The van der Waals surface area contributed by atoms with Crippen molar-refractivity contribution in [1.82, 2.24) is 9.97 Å². The molecule has 0 aliphatic rings. The fraction of sp³-hybridized carbons (Fsp3) is 0.100. The molecule has 3 aromatic rings. The number of aromatic nitrogens is 2. The van der Waals surface area contributed by atoms with Gasteiger partial charge in [0.05, 0.1) is 0 Å². The molecule has 28 heavy (non-hydrogen) atoms. The summed E-state index contributed by atoms with van der Waals surface area (Å²) in [5, 5.41) is 13.7. The lowest BCUT2D eigenvalue weighted by Gasteiger charge is -2.03. The average Bonchev–Trinajstić information content (AvgIpc) is 3.07. The van der Waals surface area contributed by atoms with Crippen LogP contribution in [0.5, 0.6) is 0 Å². The smallest absolute Gasteiger partial charge is 0.266 e. The van der Waals surface area contributed by atoms with Crippen LogP contribution in [0.3, 0.4) is 0 Å². The topological polar surface area (TPSA) is 91.8 Å². The molecule has 1 aromatic carbocycles. The second-order valence-corrected chi connectivity index (χ2v) is 7.23. The standard InChI is InChI=1S/C20H15ClN4O2S/c1-12-9-13(2)24-20(23-12)28-18-8-7-17(27-18)10-14(11-22)19(26)25-16-5-3-15(21)4-6-16/h3-10H,1-2H3,(H,25,26)/b14-10+. The Morgan fingerprint density at radius 3 is 2.50 bits per heavy atom. The number of aryl methyl sites for hydroxylation is 2. The van der Waals surface area contributed by atoms with E-state index in [0.29, 0.717) is 26.7 Å². The Morgan fingerprint density at radius 1 is 1.18 bits per heavy atom. The first kappa shape index (κ1) is 19.7. The number of carbonyl (C=O) groups excluding carboxylic acids is 1. The summed E-state index contributed by atoms with van der Waals surface area (Å²) in [6.07, 6.45) is 1.39. The van der Waals surface area contributed by atoms with E-state index in [1.165, 1.54) is 17.8 Å². The van der Waals surface area contributed by atoms with Crippen molar-refractivity contribution in [2.24, 2.45) is 0 Å². The number of nitriles is 1. The van der Waals surface area contributed by atoms with Crippen LogP contribution in [0.4, 0.5) is 5.69 Å². The van der Waals surface area contributed by atoms with Crippen molar-refractivity contribution < 1.29 is 9.21 Å². The molecule has 0 fully saturated rings. The molecule has 3 rings (SSSR count). The molecule has 8 heteroatoms. The first-order valence-corrected chi connectivity index (χ1v) is 9.41. The highest BCUT2D eigenvalue weighted by atomic mass is 35.5. The van der Waals surface area contributed by atoms with Gasteiger partial charge in [0.25, 0.3) is 5.91 Å². The van der Waals surface area contributed by atoms with Crippen LogP contribution in [-0.2, 0) is 4.79 Å². The molecule has 1 amide bonds. The molecule has 0 radical (unpaired) electrons. The predicted molar refractivity (Wildman–Crippen MR) is 108 cm³/mol. The molecule has 2 aromatic heterocycles. The zero-order valence-electron chi connectivity index (χ0n) is 15.1. The van der Waals surface area contributed by atoms with Crippen LogP contribution in [0.1, 0.15) is 17.1 Å². The Balaban J connectivity index is 1.73. The van der Waals surface area contributed by atoms with Gasteiger partial charge in [-0.2, -0.15) is 5.26 Å². The number of benzene rings is 1. The maximum absolute atomic E-state index is 12.3. The lowest BCUT2D eigenvalue weighted by molar-refractivity contribution is -0.112. The highest BCUT2D eigenvalue weighted by Gasteiger charge is 2.12. The van der Waals surface area contributed by atoms with Gasteiger partial charge in [-0.3, -0.25) is 4.79 Å². The summed E-state index contributed by atoms with van der Waals surface area (Å²) in [4.78, 5) is 21.0. The third kappa shape index (κ3) is 5.22. The van der Waals surface area contributed by atoms with Crippen LogP contribution in [-0.4, -0.2) is 15.9 Å². The number of anilines is 1. The van der Waals surface area contributed by atoms with E-state index < -0.39 is 5.91 Å². The molecular formula is C20H15ClN4O2S. The van der Waals surface area contributed by atoms with Crippen LogP contribution >= 0.6 is 23.4 Å². The molecule has 0 spiro atoms. The number of hydrogen-bond acceptors (Lipinski definition) is 6. The quantitative estimate of drug-likeness (QED) is 0.360. The van der Waals surface area contributed by atoms with Crippen molar-refractivity contribution in [2.45, 2.75) is 24.1 Å². The largest absolute Gasteiger partial charge is 0.450 e. The first-order valence-electron chi connectivity index (χ1n) is 8.21. The third-order valence-corrected chi connectivity index (χ3v) is 4.55. The van der Waals surface area contributed by atoms with Gasteiger partial charge in [-0.25, -0.2) is 9.97 Å². The van der Waals surface area contributed by atoms with Crippen molar-refractivity contribution >= 4 is 41.0 Å². The van der Waals surface area contributed by atoms with E-state index in [4.69, 9.17) is 16.0 Å². The lowest BCUT2D eigenvalue weighted by atomic mass is 10.2. The highest BCUT2D eigenvalue weighted by Crippen LogP contribution is 2.28. The second-order valence-electron chi connectivity index (χ2n) is 5.82. The zero-order chi connectivity index (χ0) is 20.1. The number of halogens is 1. The molecule has 0 aliphatic heterocycles. The summed E-state index contributed by atoms with van der Waals surface area (Å²) < 4.78 is 5.67. The van der Waals surface area contributed by atoms with Crippen molar-refractivity contribution in [1.29, 1.82) is 5.26 Å². The maximum Gasteiger partial charge on any atom is 0.266 e. The number of carbonyl (C=O) groups is 1. The first-order chi connectivity index (χ1) is 13.4. The van der Waals surface area contributed by atoms with E-state index in [1.807, 2.05) is 26.0 Å². The number of furan rings is 1. The molecule has 2 heterocycles. The predicted octanol–water partition coefficient (Wildman–Crippen LogP) is 5.04. The molecule has 0 bridgehead atoms. The van der Waals surface area contributed by atoms with Crippen molar-refractivity contribution in [3.63, 3.8) is 0 Å². The molecular weight excluding hydrogens is 396 g/mol. The Morgan fingerprint density at radius 2 is 1.86 bits per heavy atom. The van der Waals surface area contributed by atoms with Gasteiger partial charge in [-0.15, -0.1) is 0 Å². The van der Waals surface area contributed by atoms with E-state index in [1.54, 1.807) is 36.4 Å². The minimum atomic E-state index is -0.534. The Labute approximate surface area is 171 Å². The number of amides is 1. The van der Waals surface area contributed by atoms with Gasteiger partial charge >= 0.3 is 0 Å². The fourth-order valence-corrected chi connectivity index (χ4v) is 3.28. The molecule has 0 unspecified atom stereocenters. The lowest BCUT2D eigenvalue weighted by Crippen LogP contribution is -2.13. The molecule has 6 nitrogen and oxygen atoms in total. The van der Waals surface area contributed by atoms with Crippen molar-refractivity contribution in [3.05, 3.63) is 70.2 Å². The molecule has 0 aliphatic carbocycles. The SMILES string of the molecule is Cc1cc(C)nc(Sc2ccc(/C=C(\C#N)C(=O)Nc3ccc(Cl)cc3)o2)n1. The Kier molecular flexibility index (Phi) is 6.14. The van der Waals surface area contributed by atoms with E-state index >= 15 is 0 Å². The summed E-state index contributed by atoms with van der Waals surface area (Å²) in [5.41, 5.74) is 2.20. The summed E-state index contributed by atoms with van der Waals surface area (Å²) in [6.45, 7) is 3.79. The van der Waals surface area contributed by atoms with Crippen LogP contribution in [0.25, 0.3) is 6.08 Å². The number of nitrogens with zero attached hydrogens (tertiary/aromatic N) is 3. The number of hydrogen-bond donors (Lipinski definition) is 1. The molecule has 0 atom stereocenters. The van der Waals surface area contributed by atoms with Crippen LogP contribution < -0.4 is 5.32 Å². The molecule has 0 saturated carbocycles. The van der Waals surface area contributed by atoms with Gasteiger partial charge in [0.2, 0.25) is 0 Å². The summed E-state index contributed by atoms with van der Waals surface area (Å²) in [5.74, 6) is -0.150. The number of rotatable bonds is 5. The highest BCUT2D eigenvalue weighted by molar-refractivity contribution is 7.99. The van der Waals surface area contributed by atoms with Crippen LogP contribution in [0, 0.1) is 25.2 Å². The second kappa shape index (κ2) is 8.74. The summed E-state index contributed by atoms with van der Waals surface area (Å²) in [6, 6.07) is 13.8. The fourth-order valence-electron chi connectivity index (χ4n) is 2.32. The van der Waals surface area contributed by atoms with Crippen LogP contribution in [0.2, 0.25) is 5.02 Å². The van der Waals surface area contributed by atoms with E-state index in [9.17, 15) is 10.1 Å². The van der Waals surface area contributed by atoms with Crippen molar-refractivity contribution in [3.8, 4) is 6.07 Å². The van der Waals surface area contributed by atoms with Gasteiger partial charge in [0.1, 0.15) is 17.4 Å². The minimum Gasteiger partial charge on any atom is -0.450 e. The summed E-state index contributed by atoms with van der Waals surface area (Å²) >= 11 is 7.09. The van der Waals surface area contributed by atoms with Gasteiger partial charge in [-0.1, -0.05) is 11.6 Å². The van der Waals surface area contributed by atoms with Gasteiger partial charge in [-0.05, 0) is 68.1 Å². The molecule has 1 N–H and O–H groups in total. The molecule has 0 saturated heterocycles. The molecule has 140 valence electrons. The normalized spacial score (nSPS) is 11.1. The maximum atomic E-state index is 12.3. The Hall–Kier alpha value is -3.08. The third-order valence-electron chi connectivity index (χ3n) is 3.51. The Bertz CT molecular complexity index is 1060. The van der Waals surface area contributed by atoms with E-state index in [0.717, 1.165) is 11.4 Å². The van der Waals surface area contributed by atoms with Crippen LogP contribution in [0.15, 0.2) is 62.7 Å². The zero-order valence-corrected chi connectivity index (χ0v) is 16.6. The summed E-state index contributed by atoms with van der Waals surface area (Å²) in [7, 11) is 0. The van der Waals surface area contributed by atoms with E-state index in [2.05, 4.69) is 15.3 Å². The van der Waals surface area contributed by atoms with Gasteiger partial charge in [0.15, 0.2) is 10.2 Å². The monoisotopic (exact) mass is 410 g/mol. The van der Waals surface area contributed by atoms with Gasteiger partial charge < -0.3 is 9.73 Å². The average molecular weight is 411 g/mol. The number of nitrogens with one attached hydrogen (secondary N) is 1. The minimum absolute atomic E-state index is 0.0801. The van der Waals surface area contributed by atoms with Crippen molar-refractivity contribution in [2.75, 3.05) is 5.32 Å².